The molecule has 0 aromatic heterocycles. The number of nitrogens with two attached hydrogens (primary N) is 1. The number of hydrogen-bond acceptors (Lipinski definition) is 4. The highest BCUT2D eigenvalue weighted by molar-refractivity contribution is 7.92. The first kappa shape index (κ1) is 15.5. The van der Waals surface area contributed by atoms with Gasteiger partial charge >= 0.3 is 0 Å². The number of amides is 1. The normalized spacial score (nSPS) is 11.6. The molecule has 0 saturated carbocycles. The molecule has 6 heteroatoms. The van der Waals surface area contributed by atoms with Crippen LogP contribution in [0.25, 0.3) is 0 Å². The van der Waals surface area contributed by atoms with Crippen LogP contribution in [-0.2, 0) is 14.6 Å². The van der Waals surface area contributed by atoms with Gasteiger partial charge in [0.2, 0.25) is 5.91 Å². The number of benzene rings is 1. The molecular weight excluding hydrogens is 264 g/mol. The van der Waals surface area contributed by atoms with Gasteiger partial charge in [0.1, 0.15) is 5.75 Å². The van der Waals surface area contributed by atoms with Gasteiger partial charge in [-0.25, -0.2) is 8.42 Å². The van der Waals surface area contributed by atoms with Crippen molar-refractivity contribution in [2.75, 3.05) is 22.6 Å². The smallest absolute Gasteiger partial charge is 0.239 e. The molecule has 0 spiro atoms. The Balaban J connectivity index is 2.68. The van der Waals surface area contributed by atoms with Crippen LogP contribution in [-0.4, -0.2) is 25.8 Å². The van der Waals surface area contributed by atoms with Crippen LogP contribution in [0.2, 0.25) is 0 Å². The Morgan fingerprint density at radius 2 is 2.00 bits per heavy atom. The van der Waals surface area contributed by atoms with Crippen LogP contribution in [0.4, 0.5) is 11.4 Å². The number of aryl methyl sites for hydroxylation is 1. The Kier molecular flexibility index (Phi) is 4.94. The Labute approximate surface area is 114 Å². The van der Waals surface area contributed by atoms with E-state index in [1.165, 1.54) is 0 Å². The quantitative estimate of drug-likeness (QED) is 0.803. The molecule has 0 aliphatic carbocycles. The van der Waals surface area contributed by atoms with Crippen molar-refractivity contribution in [3.05, 3.63) is 23.8 Å². The molecule has 0 atom stereocenters. The second kappa shape index (κ2) is 6.06. The SMILES string of the molecule is Cc1ccc(NC(=O)CS(=O)(=O)CC(C)C)cc1N. The molecule has 0 fully saturated rings. The largest absolute Gasteiger partial charge is 0.398 e. The van der Waals surface area contributed by atoms with Gasteiger partial charge in [-0.1, -0.05) is 19.9 Å². The summed E-state index contributed by atoms with van der Waals surface area (Å²) in [5.74, 6) is -1.02. The summed E-state index contributed by atoms with van der Waals surface area (Å²) in [6, 6.07) is 5.08. The zero-order valence-corrected chi connectivity index (χ0v) is 12.3. The second-order valence-corrected chi connectivity index (χ2v) is 7.18. The van der Waals surface area contributed by atoms with Crippen molar-refractivity contribution < 1.29 is 13.2 Å². The lowest BCUT2D eigenvalue weighted by Gasteiger charge is -2.09. The van der Waals surface area contributed by atoms with Crippen LogP contribution in [0.3, 0.4) is 0 Å². The first-order valence-electron chi connectivity index (χ1n) is 6.06. The van der Waals surface area contributed by atoms with Crippen LogP contribution in [0.15, 0.2) is 18.2 Å². The average Bonchev–Trinajstić information content (AvgIpc) is 2.20. The van der Waals surface area contributed by atoms with E-state index in [9.17, 15) is 13.2 Å². The standard InChI is InChI=1S/C13H20N2O3S/c1-9(2)7-19(17,18)8-13(16)15-11-5-4-10(3)12(14)6-11/h4-6,9H,7-8,14H2,1-3H3,(H,15,16). The third-order valence-electron chi connectivity index (χ3n) is 2.50. The van der Waals surface area contributed by atoms with Gasteiger partial charge < -0.3 is 11.1 Å². The summed E-state index contributed by atoms with van der Waals surface area (Å²) >= 11 is 0. The molecule has 0 unspecified atom stereocenters. The molecule has 1 amide bonds. The first-order valence-corrected chi connectivity index (χ1v) is 7.88. The van der Waals surface area contributed by atoms with Crippen molar-refractivity contribution in [2.24, 2.45) is 5.92 Å². The number of hydrogen-bond donors (Lipinski definition) is 2. The van der Waals surface area contributed by atoms with E-state index in [1.54, 1.807) is 32.0 Å². The van der Waals surface area contributed by atoms with Gasteiger partial charge in [-0.2, -0.15) is 0 Å². The van der Waals surface area contributed by atoms with E-state index in [-0.39, 0.29) is 11.7 Å². The Hall–Kier alpha value is -1.56. The minimum atomic E-state index is -3.36. The average molecular weight is 284 g/mol. The number of anilines is 2. The summed E-state index contributed by atoms with van der Waals surface area (Å²) in [6.45, 7) is 5.46. The zero-order chi connectivity index (χ0) is 14.6. The summed E-state index contributed by atoms with van der Waals surface area (Å²) in [7, 11) is -3.36. The third-order valence-corrected chi connectivity index (χ3v) is 4.38. The van der Waals surface area contributed by atoms with E-state index in [4.69, 9.17) is 5.73 Å². The number of nitrogen functional groups attached to an aromatic ring is 1. The van der Waals surface area contributed by atoms with Crippen molar-refractivity contribution in [2.45, 2.75) is 20.8 Å². The zero-order valence-electron chi connectivity index (χ0n) is 11.4. The molecule has 0 heterocycles. The molecule has 1 aromatic carbocycles. The summed E-state index contributed by atoms with van der Waals surface area (Å²) < 4.78 is 23.4. The van der Waals surface area contributed by atoms with Gasteiger partial charge in [-0.05, 0) is 30.5 Å². The van der Waals surface area contributed by atoms with E-state index in [0.29, 0.717) is 11.4 Å². The van der Waals surface area contributed by atoms with Gasteiger partial charge in [0.25, 0.3) is 0 Å². The van der Waals surface area contributed by atoms with Crippen LogP contribution < -0.4 is 11.1 Å². The van der Waals surface area contributed by atoms with Gasteiger partial charge in [0.15, 0.2) is 9.84 Å². The molecule has 1 aromatic rings. The third kappa shape index (κ3) is 5.30. The molecule has 1 rings (SSSR count). The highest BCUT2D eigenvalue weighted by atomic mass is 32.2. The van der Waals surface area contributed by atoms with Crippen molar-refractivity contribution >= 4 is 27.1 Å². The fraction of sp³-hybridized carbons (Fsp3) is 0.462. The van der Waals surface area contributed by atoms with E-state index < -0.39 is 21.5 Å². The maximum Gasteiger partial charge on any atom is 0.239 e. The number of carbonyl (C=O) groups is 1. The lowest BCUT2D eigenvalue weighted by molar-refractivity contribution is -0.113. The van der Waals surface area contributed by atoms with Crippen LogP contribution in [0, 0.1) is 12.8 Å². The molecule has 0 radical (unpaired) electrons. The van der Waals surface area contributed by atoms with Crippen molar-refractivity contribution in [3.63, 3.8) is 0 Å². The highest BCUT2D eigenvalue weighted by Gasteiger charge is 2.18. The lowest BCUT2D eigenvalue weighted by Crippen LogP contribution is -2.26. The van der Waals surface area contributed by atoms with E-state index in [1.807, 2.05) is 6.92 Å². The molecular formula is C13H20N2O3S. The van der Waals surface area contributed by atoms with Crippen LogP contribution in [0.5, 0.6) is 0 Å². The van der Waals surface area contributed by atoms with Crippen molar-refractivity contribution in [1.82, 2.24) is 0 Å². The predicted octanol–water partition coefficient (Wildman–Crippen LogP) is 1.59. The second-order valence-electron chi connectivity index (χ2n) is 5.07. The van der Waals surface area contributed by atoms with Crippen molar-refractivity contribution in [3.8, 4) is 0 Å². The van der Waals surface area contributed by atoms with Gasteiger partial charge in [-0.3, -0.25) is 4.79 Å². The Morgan fingerprint density at radius 1 is 1.37 bits per heavy atom. The fourth-order valence-electron chi connectivity index (χ4n) is 1.68. The molecule has 0 aliphatic rings. The molecule has 19 heavy (non-hydrogen) atoms. The topological polar surface area (TPSA) is 89.3 Å². The maximum atomic E-state index is 11.7. The number of sulfone groups is 1. The Bertz CT molecular complexity index is 565. The number of nitrogens with one attached hydrogen (secondary N) is 1. The molecule has 5 nitrogen and oxygen atoms in total. The van der Waals surface area contributed by atoms with E-state index >= 15 is 0 Å². The number of carbonyl (C=O) groups excluding carboxylic acids is 1. The summed E-state index contributed by atoms with van der Waals surface area (Å²) in [5.41, 5.74) is 7.69. The summed E-state index contributed by atoms with van der Waals surface area (Å²) in [4.78, 5) is 11.7. The molecule has 0 aliphatic heterocycles. The minimum absolute atomic E-state index is 0.00724. The highest BCUT2D eigenvalue weighted by Crippen LogP contribution is 2.16. The van der Waals surface area contributed by atoms with E-state index in [0.717, 1.165) is 5.56 Å². The van der Waals surface area contributed by atoms with E-state index in [2.05, 4.69) is 5.32 Å². The molecule has 106 valence electrons. The van der Waals surface area contributed by atoms with Crippen molar-refractivity contribution in [1.29, 1.82) is 0 Å². The Morgan fingerprint density at radius 3 is 2.53 bits per heavy atom. The van der Waals surface area contributed by atoms with Crippen LogP contribution in [0.1, 0.15) is 19.4 Å². The van der Waals surface area contributed by atoms with Gasteiger partial charge in [0.05, 0.1) is 5.75 Å². The molecule has 0 saturated heterocycles. The first-order chi connectivity index (χ1) is 8.69. The summed E-state index contributed by atoms with van der Waals surface area (Å²) in [6.07, 6.45) is 0. The summed E-state index contributed by atoms with van der Waals surface area (Å²) in [5, 5.41) is 2.54. The monoisotopic (exact) mass is 284 g/mol. The molecule has 3 N–H and O–H groups in total. The lowest BCUT2D eigenvalue weighted by atomic mass is 10.2. The maximum absolute atomic E-state index is 11.7. The predicted molar refractivity (Wildman–Crippen MR) is 77.7 cm³/mol. The minimum Gasteiger partial charge on any atom is -0.398 e. The molecule has 0 bridgehead atoms. The number of rotatable bonds is 5. The van der Waals surface area contributed by atoms with Gasteiger partial charge in [0, 0.05) is 11.4 Å². The fourth-order valence-corrected chi connectivity index (χ4v) is 3.29. The van der Waals surface area contributed by atoms with Gasteiger partial charge in [-0.15, -0.1) is 0 Å². The van der Waals surface area contributed by atoms with Crippen LogP contribution >= 0.6 is 0 Å².